The smallest absolute Gasteiger partial charge is 0.406 e. The van der Waals surface area contributed by atoms with Gasteiger partial charge in [0, 0.05) is 21.9 Å². The van der Waals surface area contributed by atoms with Gasteiger partial charge in [-0.1, -0.05) is 0 Å². The second-order valence-corrected chi connectivity index (χ2v) is 6.93. The number of thiophene rings is 1. The van der Waals surface area contributed by atoms with Crippen molar-refractivity contribution in [2.75, 3.05) is 5.32 Å². The predicted molar refractivity (Wildman–Crippen MR) is 82.9 cm³/mol. The molecule has 0 spiro atoms. The Bertz CT molecular complexity index is 699. The van der Waals surface area contributed by atoms with E-state index in [4.69, 9.17) is 0 Å². The van der Waals surface area contributed by atoms with Gasteiger partial charge in [0.1, 0.15) is 5.75 Å². The molecule has 1 aliphatic heterocycles. The minimum absolute atomic E-state index is 0.0562. The average Bonchev–Trinajstić information content (AvgIpc) is 2.77. The summed E-state index contributed by atoms with van der Waals surface area (Å²) in [4.78, 5) is 2.28. The van der Waals surface area contributed by atoms with Gasteiger partial charge in [-0.05, 0) is 49.2 Å². The van der Waals surface area contributed by atoms with E-state index in [0.29, 0.717) is 12.0 Å². The van der Waals surface area contributed by atoms with Crippen molar-refractivity contribution in [3.05, 3.63) is 45.6 Å². The molecule has 2 heterocycles. The Labute approximate surface area is 135 Å². The van der Waals surface area contributed by atoms with Crippen LogP contribution in [0.1, 0.15) is 27.8 Å². The van der Waals surface area contributed by atoms with Gasteiger partial charge >= 0.3 is 6.36 Å². The summed E-state index contributed by atoms with van der Waals surface area (Å²) in [5, 5.41) is 13.5. The third kappa shape index (κ3) is 3.97. The average molecular weight is 343 g/mol. The molecular formula is C16H16F3NO2S. The van der Waals surface area contributed by atoms with E-state index in [-0.39, 0.29) is 18.2 Å². The van der Waals surface area contributed by atoms with Gasteiger partial charge in [-0.2, -0.15) is 0 Å². The molecule has 1 aromatic heterocycles. The van der Waals surface area contributed by atoms with Crippen LogP contribution >= 0.6 is 11.3 Å². The van der Waals surface area contributed by atoms with Crippen molar-refractivity contribution in [1.82, 2.24) is 0 Å². The maximum atomic E-state index is 12.3. The molecule has 2 aromatic rings. The van der Waals surface area contributed by atoms with Crippen LogP contribution in [0.25, 0.3) is 0 Å². The molecule has 0 saturated heterocycles. The summed E-state index contributed by atoms with van der Waals surface area (Å²) >= 11 is 1.64. The fraction of sp³-hybridized carbons (Fsp3) is 0.375. The van der Waals surface area contributed by atoms with Crippen molar-refractivity contribution in [2.24, 2.45) is 0 Å². The largest absolute Gasteiger partial charge is 0.573 e. The van der Waals surface area contributed by atoms with E-state index in [1.54, 1.807) is 17.4 Å². The lowest BCUT2D eigenvalue weighted by molar-refractivity contribution is -0.274. The number of alkyl halides is 3. The van der Waals surface area contributed by atoms with Gasteiger partial charge in [-0.25, -0.2) is 0 Å². The highest BCUT2D eigenvalue weighted by molar-refractivity contribution is 7.12. The molecule has 0 bridgehead atoms. The summed E-state index contributed by atoms with van der Waals surface area (Å²) in [6.07, 6.45) is -4.55. The summed E-state index contributed by atoms with van der Waals surface area (Å²) in [6, 6.07) is 8.16. The highest BCUT2D eigenvalue weighted by Gasteiger charge is 2.32. The normalized spacial score (nSPS) is 21.3. The molecule has 7 heteroatoms. The van der Waals surface area contributed by atoms with Crippen molar-refractivity contribution in [1.29, 1.82) is 0 Å². The minimum atomic E-state index is -4.72. The standard InChI is InChI=1S/C16H16F3NO2S/c1-9-2-5-15(23-9)14-8-11(21)6-10-7-12(22-16(17,18)19)3-4-13(10)20-14/h2-5,7,11,14,20-21H,6,8H2,1H3/t11-,14+/m1/s1. The molecule has 2 N–H and O–H groups in total. The second-order valence-electron chi connectivity index (χ2n) is 5.61. The van der Waals surface area contributed by atoms with E-state index >= 15 is 0 Å². The molecule has 0 unspecified atom stereocenters. The van der Waals surface area contributed by atoms with E-state index in [1.165, 1.54) is 17.0 Å². The summed E-state index contributed by atoms with van der Waals surface area (Å²) in [5.41, 5.74) is 1.35. The first-order valence-corrected chi connectivity index (χ1v) is 8.01. The van der Waals surface area contributed by atoms with E-state index in [0.717, 1.165) is 10.6 Å². The maximum Gasteiger partial charge on any atom is 0.573 e. The zero-order valence-corrected chi connectivity index (χ0v) is 13.2. The van der Waals surface area contributed by atoms with Crippen LogP contribution in [-0.2, 0) is 6.42 Å². The number of aliphatic hydroxyl groups excluding tert-OH is 1. The zero-order chi connectivity index (χ0) is 16.6. The van der Waals surface area contributed by atoms with E-state index in [9.17, 15) is 18.3 Å². The Morgan fingerprint density at radius 2 is 2.04 bits per heavy atom. The van der Waals surface area contributed by atoms with Gasteiger partial charge in [0.05, 0.1) is 12.1 Å². The number of nitrogens with one attached hydrogen (secondary N) is 1. The molecule has 0 fully saturated rings. The SMILES string of the molecule is Cc1ccc([C@@H]2C[C@H](O)Cc3cc(OC(F)(F)F)ccc3N2)s1. The van der Waals surface area contributed by atoms with Crippen LogP contribution in [0.15, 0.2) is 30.3 Å². The molecule has 2 atom stereocenters. The van der Waals surface area contributed by atoms with Crippen LogP contribution in [0, 0.1) is 6.92 Å². The molecule has 0 radical (unpaired) electrons. The number of fused-ring (bicyclic) bond motifs is 1. The molecule has 23 heavy (non-hydrogen) atoms. The fourth-order valence-corrected chi connectivity index (χ4v) is 3.70. The van der Waals surface area contributed by atoms with Crippen LogP contribution in [0.3, 0.4) is 0 Å². The lowest BCUT2D eigenvalue weighted by Gasteiger charge is -2.18. The quantitative estimate of drug-likeness (QED) is 0.848. The van der Waals surface area contributed by atoms with Gasteiger partial charge < -0.3 is 15.2 Å². The minimum Gasteiger partial charge on any atom is -0.406 e. The fourth-order valence-electron chi connectivity index (χ4n) is 2.76. The monoisotopic (exact) mass is 343 g/mol. The van der Waals surface area contributed by atoms with Crippen LogP contribution in [0.4, 0.5) is 18.9 Å². The number of ether oxygens (including phenoxy) is 1. The van der Waals surface area contributed by atoms with Gasteiger partial charge in [0.25, 0.3) is 0 Å². The highest BCUT2D eigenvalue weighted by atomic mass is 32.1. The number of anilines is 1. The highest BCUT2D eigenvalue weighted by Crippen LogP contribution is 2.36. The third-order valence-corrected chi connectivity index (χ3v) is 4.82. The zero-order valence-electron chi connectivity index (χ0n) is 12.4. The van der Waals surface area contributed by atoms with Crippen molar-refractivity contribution in [3.8, 4) is 5.75 Å². The number of rotatable bonds is 2. The first-order valence-electron chi connectivity index (χ1n) is 7.20. The number of aryl methyl sites for hydroxylation is 1. The van der Waals surface area contributed by atoms with E-state index < -0.39 is 12.5 Å². The summed E-state index contributed by atoms with van der Waals surface area (Å²) < 4.78 is 40.9. The maximum absolute atomic E-state index is 12.3. The predicted octanol–water partition coefficient (Wildman–Crippen LogP) is 4.42. The molecule has 0 amide bonds. The first kappa shape index (κ1) is 16.1. The van der Waals surface area contributed by atoms with Gasteiger partial charge in [0.15, 0.2) is 0 Å². The Balaban J connectivity index is 1.87. The molecule has 3 rings (SSSR count). The van der Waals surface area contributed by atoms with E-state index in [2.05, 4.69) is 10.1 Å². The molecule has 1 aromatic carbocycles. The summed E-state index contributed by atoms with van der Waals surface area (Å²) in [7, 11) is 0. The molecule has 1 aliphatic rings. The number of aliphatic hydroxyl groups is 1. The lowest BCUT2D eigenvalue weighted by Crippen LogP contribution is -2.17. The van der Waals surface area contributed by atoms with Crippen molar-refractivity contribution in [3.63, 3.8) is 0 Å². The van der Waals surface area contributed by atoms with Crippen LogP contribution in [-0.4, -0.2) is 17.6 Å². The van der Waals surface area contributed by atoms with Crippen LogP contribution in [0.2, 0.25) is 0 Å². The Morgan fingerprint density at radius 3 is 2.70 bits per heavy atom. The second kappa shape index (κ2) is 6.05. The van der Waals surface area contributed by atoms with Gasteiger partial charge in [0.2, 0.25) is 0 Å². The van der Waals surface area contributed by atoms with E-state index in [1.807, 2.05) is 19.1 Å². The third-order valence-electron chi connectivity index (χ3n) is 3.71. The first-order chi connectivity index (χ1) is 10.8. The van der Waals surface area contributed by atoms with Crippen molar-refractivity contribution in [2.45, 2.75) is 38.3 Å². The summed E-state index contributed by atoms with van der Waals surface area (Å²) in [6.45, 7) is 2.01. The van der Waals surface area contributed by atoms with Crippen LogP contribution < -0.4 is 10.1 Å². The van der Waals surface area contributed by atoms with Gasteiger partial charge in [-0.3, -0.25) is 0 Å². The number of hydrogen-bond acceptors (Lipinski definition) is 4. The van der Waals surface area contributed by atoms with Gasteiger partial charge in [-0.15, -0.1) is 24.5 Å². The topological polar surface area (TPSA) is 41.5 Å². The number of halogens is 3. The van der Waals surface area contributed by atoms with Crippen molar-refractivity contribution >= 4 is 17.0 Å². The van der Waals surface area contributed by atoms with Crippen molar-refractivity contribution < 1.29 is 23.0 Å². The molecule has 124 valence electrons. The number of hydrogen-bond donors (Lipinski definition) is 2. The molecule has 0 aliphatic carbocycles. The number of benzene rings is 1. The Hall–Kier alpha value is -1.73. The Morgan fingerprint density at radius 1 is 1.26 bits per heavy atom. The summed E-state index contributed by atoms with van der Waals surface area (Å²) in [5.74, 6) is -0.268. The lowest BCUT2D eigenvalue weighted by atomic mass is 10.0. The van der Waals surface area contributed by atoms with Crippen LogP contribution in [0.5, 0.6) is 5.75 Å². The molecule has 3 nitrogen and oxygen atoms in total. The Kier molecular flexibility index (Phi) is 4.25. The molecule has 0 saturated carbocycles. The molecular weight excluding hydrogens is 327 g/mol.